The Bertz CT molecular complexity index is 333. The van der Waals surface area contributed by atoms with E-state index in [1.54, 1.807) is 6.07 Å². The lowest BCUT2D eigenvalue weighted by atomic mass is 10.0. The molecule has 2 N–H and O–H groups in total. The first-order valence-corrected chi connectivity index (χ1v) is 5.00. The Morgan fingerprint density at radius 1 is 1.47 bits per heavy atom. The summed E-state index contributed by atoms with van der Waals surface area (Å²) >= 11 is 0. The third kappa shape index (κ3) is 3.36. The van der Waals surface area contributed by atoms with Crippen molar-refractivity contribution in [1.82, 2.24) is 0 Å². The monoisotopic (exact) mass is 212 g/mol. The molecule has 15 heavy (non-hydrogen) atoms. The Morgan fingerprint density at radius 2 is 2.13 bits per heavy atom. The molecule has 5 nitrogen and oxygen atoms in total. The molecule has 0 aliphatic rings. The third-order valence-electron chi connectivity index (χ3n) is 2.21. The molecule has 1 aromatic rings. The van der Waals surface area contributed by atoms with Gasteiger partial charge in [-0.2, -0.15) is 0 Å². The van der Waals surface area contributed by atoms with Crippen molar-refractivity contribution in [2.75, 3.05) is 0 Å². The number of furan rings is 1. The summed E-state index contributed by atoms with van der Waals surface area (Å²) in [5.41, 5.74) is 5.84. The van der Waals surface area contributed by atoms with Crippen LogP contribution in [0.1, 0.15) is 38.5 Å². The predicted octanol–water partition coefficient (Wildman–Crippen LogP) is 2.62. The maximum Gasteiger partial charge on any atom is 0.433 e. The molecule has 0 saturated carbocycles. The summed E-state index contributed by atoms with van der Waals surface area (Å²) in [5, 5.41) is 10.4. The zero-order valence-corrected chi connectivity index (χ0v) is 8.97. The summed E-state index contributed by atoms with van der Waals surface area (Å²) in [4.78, 5) is 9.82. The fourth-order valence-electron chi connectivity index (χ4n) is 1.29. The molecule has 0 amide bonds. The number of hydrogen-bond acceptors (Lipinski definition) is 4. The Labute approximate surface area is 88.4 Å². The molecule has 0 radical (unpaired) electrons. The van der Waals surface area contributed by atoms with Crippen LogP contribution in [0.2, 0.25) is 0 Å². The summed E-state index contributed by atoms with van der Waals surface area (Å²) in [7, 11) is 0. The van der Waals surface area contributed by atoms with Gasteiger partial charge in [-0.1, -0.05) is 13.8 Å². The van der Waals surface area contributed by atoms with Gasteiger partial charge in [0.05, 0.1) is 12.1 Å². The van der Waals surface area contributed by atoms with Gasteiger partial charge in [-0.25, -0.2) is 0 Å². The van der Waals surface area contributed by atoms with E-state index >= 15 is 0 Å². The van der Waals surface area contributed by atoms with Crippen LogP contribution in [0.4, 0.5) is 5.88 Å². The lowest BCUT2D eigenvalue weighted by molar-refractivity contribution is -0.402. The van der Waals surface area contributed by atoms with Crippen LogP contribution in [0, 0.1) is 16.0 Å². The number of nitrogens with zero attached hydrogens (tertiary/aromatic N) is 1. The molecular weight excluding hydrogens is 196 g/mol. The van der Waals surface area contributed by atoms with E-state index < -0.39 is 4.92 Å². The molecule has 1 atom stereocenters. The highest BCUT2D eigenvalue weighted by Gasteiger charge is 2.16. The van der Waals surface area contributed by atoms with Crippen LogP contribution in [0.5, 0.6) is 0 Å². The molecule has 84 valence electrons. The number of rotatable bonds is 5. The first-order valence-electron chi connectivity index (χ1n) is 5.00. The molecule has 0 bridgehead atoms. The van der Waals surface area contributed by atoms with Crippen molar-refractivity contribution in [3.8, 4) is 0 Å². The average molecular weight is 212 g/mol. The quantitative estimate of drug-likeness (QED) is 0.600. The highest BCUT2D eigenvalue weighted by Crippen LogP contribution is 2.24. The molecule has 0 unspecified atom stereocenters. The van der Waals surface area contributed by atoms with Crippen molar-refractivity contribution >= 4 is 5.88 Å². The molecule has 0 aliphatic heterocycles. The number of nitrogens with two attached hydrogens (primary N) is 1. The molecular formula is C10H16N2O3. The van der Waals surface area contributed by atoms with Crippen molar-refractivity contribution in [2.24, 2.45) is 11.7 Å². The highest BCUT2D eigenvalue weighted by molar-refractivity contribution is 5.19. The van der Waals surface area contributed by atoms with Crippen LogP contribution in [0.25, 0.3) is 0 Å². The standard InChI is InChI=1S/C10H16N2O3/c1-7(2)3-4-8(11)9-5-6-10(15-9)12(13)14/h5-8H,3-4,11H2,1-2H3/t8-/m0/s1. The van der Waals surface area contributed by atoms with Crippen LogP contribution in [0.15, 0.2) is 16.5 Å². The molecule has 0 aromatic carbocycles. The molecule has 5 heteroatoms. The van der Waals surface area contributed by atoms with Gasteiger partial charge in [0, 0.05) is 0 Å². The number of nitro groups is 1. The Hall–Kier alpha value is -1.36. The normalized spacial score (nSPS) is 13.1. The molecule has 1 heterocycles. The van der Waals surface area contributed by atoms with E-state index in [0.29, 0.717) is 11.7 Å². The summed E-state index contributed by atoms with van der Waals surface area (Å²) in [5.74, 6) is 0.813. The topological polar surface area (TPSA) is 82.3 Å². The predicted molar refractivity (Wildman–Crippen MR) is 56.4 cm³/mol. The fourth-order valence-corrected chi connectivity index (χ4v) is 1.29. The maximum atomic E-state index is 10.4. The summed E-state index contributed by atoms with van der Waals surface area (Å²) in [6.45, 7) is 4.22. The van der Waals surface area contributed by atoms with E-state index in [1.165, 1.54) is 6.07 Å². The van der Waals surface area contributed by atoms with Gasteiger partial charge in [-0.15, -0.1) is 0 Å². The van der Waals surface area contributed by atoms with E-state index in [-0.39, 0.29) is 11.9 Å². The van der Waals surface area contributed by atoms with E-state index in [1.807, 2.05) is 0 Å². The second-order valence-electron chi connectivity index (χ2n) is 4.01. The van der Waals surface area contributed by atoms with Crippen molar-refractivity contribution < 1.29 is 9.34 Å². The summed E-state index contributed by atoms with van der Waals surface area (Å²) in [6.07, 6.45) is 1.76. The molecule has 0 saturated heterocycles. The second-order valence-corrected chi connectivity index (χ2v) is 4.01. The smallest absolute Gasteiger partial charge is 0.404 e. The Morgan fingerprint density at radius 3 is 2.60 bits per heavy atom. The van der Waals surface area contributed by atoms with Crippen LogP contribution in [-0.4, -0.2) is 4.92 Å². The van der Waals surface area contributed by atoms with Crippen molar-refractivity contribution in [3.05, 3.63) is 28.0 Å². The summed E-state index contributed by atoms with van der Waals surface area (Å²) < 4.78 is 5.02. The van der Waals surface area contributed by atoms with E-state index in [9.17, 15) is 10.1 Å². The molecule has 1 rings (SSSR count). The van der Waals surface area contributed by atoms with E-state index in [0.717, 1.165) is 12.8 Å². The van der Waals surface area contributed by atoms with Crippen LogP contribution in [0.3, 0.4) is 0 Å². The lowest BCUT2D eigenvalue weighted by Gasteiger charge is -2.09. The minimum absolute atomic E-state index is 0.245. The first-order chi connectivity index (χ1) is 7.00. The van der Waals surface area contributed by atoms with Gasteiger partial charge in [0.2, 0.25) is 0 Å². The van der Waals surface area contributed by atoms with Gasteiger partial charge in [0.25, 0.3) is 0 Å². The number of hydrogen-bond donors (Lipinski definition) is 1. The molecule has 0 aliphatic carbocycles. The largest absolute Gasteiger partial charge is 0.433 e. The maximum absolute atomic E-state index is 10.4. The van der Waals surface area contributed by atoms with Gasteiger partial charge in [-0.3, -0.25) is 10.1 Å². The lowest BCUT2D eigenvalue weighted by Crippen LogP contribution is -2.10. The van der Waals surface area contributed by atoms with Crippen molar-refractivity contribution in [1.29, 1.82) is 0 Å². The SMILES string of the molecule is CC(C)CC[C@H](N)c1ccc([N+](=O)[O-])o1. The molecule has 1 aromatic heterocycles. The zero-order valence-electron chi connectivity index (χ0n) is 8.97. The fraction of sp³-hybridized carbons (Fsp3) is 0.600. The van der Waals surface area contributed by atoms with Gasteiger partial charge in [-0.05, 0) is 24.8 Å². The van der Waals surface area contributed by atoms with Crippen LogP contribution >= 0.6 is 0 Å². The Kier molecular flexibility index (Phi) is 3.85. The third-order valence-corrected chi connectivity index (χ3v) is 2.21. The zero-order chi connectivity index (χ0) is 11.4. The van der Waals surface area contributed by atoms with Gasteiger partial charge in [0.15, 0.2) is 0 Å². The van der Waals surface area contributed by atoms with Crippen molar-refractivity contribution in [2.45, 2.75) is 32.7 Å². The van der Waals surface area contributed by atoms with Crippen LogP contribution in [-0.2, 0) is 0 Å². The minimum atomic E-state index is -0.557. The van der Waals surface area contributed by atoms with Crippen LogP contribution < -0.4 is 5.73 Å². The van der Waals surface area contributed by atoms with Gasteiger partial charge < -0.3 is 10.2 Å². The average Bonchev–Trinajstić information content (AvgIpc) is 2.62. The van der Waals surface area contributed by atoms with Crippen molar-refractivity contribution in [3.63, 3.8) is 0 Å². The summed E-state index contributed by atoms with van der Waals surface area (Å²) in [6, 6.07) is 2.66. The van der Waals surface area contributed by atoms with Gasteiger partial charge >= 0.3 is 5.88 Å². The second kappa shape index (κ2) is 4.93. The van der Waals surface area contributed by atoms with E-state index in [4.69, 9.17) is 10.2 Å². The van der Waals surface area contributed by atoms with E-state index in [2.05, 4.69) is 13.8 Å². The highest BCUT2D eigenvalue weighted by atomic mass is 16.6. The molecule has 0 fully saturated rings. The Balaban J connectivity index is 2.58. The minimum Gasteiger partial charge on any atom is -0.404 e. The first kappa shape index (κ1) is 11.7. The van der Waals surface area contributed by atoms with Gasteiger partial charge in [0.1, 0.15) is 10.7 Å². The molecule has 0 spiro atoms.